The highest BCUT2D eigenvalue weighted by molar-refractivity contribution is 6.04. The number of aliphatic hydroxyl groups excluding tert-OH is 3. The number of Topliss-reactive ketones (excluding diaryl/α,β-unsaturated/α-hetero) is 1. The average Bonchev–Trinajstić information content (AvgIpc) is 2.39. The van der Waals surface area contributed by atoms with Crippen LogP contribution in [-0.2, 0) is 0 Å². The predicted molar refractivity (Wildman–Crippen MR) is 72.0 cm³/mol. The quantitative estimate of drug-likeness (QED) is 0.442. The van der Waals surface area contributed by atoms with Gasteiger partial charge in [0.25, 0.3) is 0 Å². The molecule has 1 aromatic rings. The molecule has 1 fully saturated rings. The van der Waals surface area contributed by atoms with E-state index in [0.717, 1.165) is 0 Å². The summed E-state index contributed by atoms with van der Waals surface area (Å²) in [6.45, 7) is 1.56. The van der Waals surface area contributed by atoms with Crippen molar-refractivity contribution in [3.05, 3.63) is 22.8 Å². The fourth-order valence-electron chi connectivity index (χ4n) is 3.70. The molecule has 3 rings (SSSR count). The van der Waals surface area contributed by atoms with Crippen LogP contribution in [0.2, 0.25) is 0 Å². The van der Waals surface area contributed by atoms with Crippen molar-refractivity contribution in [2.75, 3.05) is 0 Å². The molecule has 114 valence electrons. The van der Waals surface area contributed by atoms with Gasteiger partial charge in [-0.05, 0) is 31.4 Å². The maximum atomic E-state index is 12.6. The molecule has 0 heterocycles. The molecule has 21 heavy (non-hydrogen) atoms. The highest BCUT2D eigenvalue weighted by Crippen LogP contribution is 2.51. The summed E-state index contributed by atoms with van der Waals surface area (Å²) in [4.78, 5) is 12.6. The summed E-state index contributed by atoms with van der Waals surface area (Å²) in [6, 6.07) is 1.27. The molecule has 0 spiro atoms. The lowest BCUT2D eigenvalue weighted by atomic mass is 9.64. The van der Waals surface area contributed by atoms with Gasteiger partial charge < -0.3 is 25.5 Å². The van der Waals surface area contributed by atoms with Gasteiger partial charge in [-0.2, -0.15) is 0 Å². The Labute approximate surface area is 121 Å². The molecule has 2 aliphatic rings. The molecule has 0 unspecified atom stereocenters. The Morgan fingerprint density at radius 1 is 1.14 bits per heavy atom. The van der Waals surface area contributed by atoms with E-state index in [4.69, 9.17) is 0 Å². The van der Waals surface area contributed by atoms with Crippen LogP contribution in [0, 0.1) is 18.8 Å². The number of rotatable bonds is 0. The first-order chi connectivity index (χ1) is 9.82. The number of ketones is 1. The van der Waals surface area contributed by atoms with Crippen LogP contribution in [0.25, 0.3) is 0 Å². The topological polar surface area (TPSA) is 118 Å². The molecule has 6 heteroatoms. The summed E-state index contributed by atoms with van der Waals surface area (Å²) in [6.07, 6.45) is -2.85. The zero-order valence-electron chi connectivity index (χ0n) is 11.5. The van der Waals surface area contributed by atoms with Crippen molar-refractivity contribution in [2.45, 2.75) is 38.1 Å². The molecule has 0 saturated heterocycles. The van der Waals surface area contributed by atoms with Crippen molar-refractivity contribution < 1.29 is 30.3 Å². The number of fused-ring (bicyclic) bond motifs is 2. The Balaban J connectivity index is 2.20. The minimum atomic E-state index is -1.21. The molecule has 1 aromatic carbocycles. The third kappa shape index (κ3) is 1.94. The van der Waals surface area contributed by atoms with Crippen LogP contribution in [0.1, 0.15) is 40.4 Å². The molecular weight excluding hydrogens is 276 g/mol. The number of carbonyl (C=O) groups is 1. The molecule has 0 amide bonds. The van der Waals surface area contributed by atoms with Crippen molar-refractivity contribution in [2.24, 2.45) is 11.8 Å². The van der Waals surface area contributed by atoms with Gasteiger partial charge in [-0.3, -0.25) is 4.79 Å². The number of aliphatic hydroxyl groups is 3. The number of aromatic hydroxyl groups is 2. The summed E-state index contributed by atoms with van der Waals surface area (Å²) in [5.41, 5.74) is 0.232. The van der Waals surface area contributed by atoms with Gasteiger partial charge in [0.1, 0.15) is 11.5 Å². The zero-order valence-corrected chi connectivity index (χ0v) is 11.5. The number of hydrogen-bond acceptors (Lipinski definition) is 6. The second kappa shape index (κ2) is 4.69. The maximum absolute atomic E-state index is 12.6. The Kier molecular flexibility index (Phi) is 3.20. The number of hydrogen-bond donors (Lipinski definition) is 5. The highest BCUT2D eigenvalue weighted by atomic mass is 16.3. The lowest BCUT2D eigenvalue weighted by Crippen LogP contribution is -2.48. The van der Waals surface area contributed by atoms with Crippen molar-refractivity contribution in [1.29, 1.82) is 0 Å². The van der Waals surface area contributed by atoms with Gasteiger partial charge in [0.2, 0.25) is 0 Å². The second-order valence-corrected chi connectivity index (χ2v) is 6.04. The van der Waals surface area contributed by atoms with Crippen LogP contribution >= 0.6 is 0 Å². The van der Waals surface area contributed by atoms with Crippen LogP contribution in [0.5, 0.6) is 11.5 Å². The Hall–Kier alpha value is -1.63. The van der Waals surface area contributed by atoms with E-state index < -0.39 is 35.9 Å². The van der Waals surface area contributed by atoms with Crippen LogP contribution in [0.15, 0.2) is 6.07 Å². The second-order valence-electron chi connectivity index (χ2n) is 6.04. The van der Waals surface area contributed by atoms with Crippen LogP contribution in [0.4, 0.5) is 0 Å². The van der Waals surface area contributed by atoms with Gasteiger partial charge in [0, 0.05) is 11.5 Å². The summed E-state index contributed by atoms with van der Waals surface area (Å²) in [5, 5.41) is 50.5. The molecule has 0 bridgehead atoms. The van der Waals surface area contributed by atoms with E-state index in [1.807, 2.05) is 0 Å². The predicted octanol–water partition coefficient (Wildman–Crippen LogP) is 0.384. The molecule has 0 aromatic heterocycles. The lowest BCUT2D eigenvalue weighted by Gasteiger charge is -2.43. The van der Waals surface area contributed by atoms with E-state index in [9.17, 15) is 30.3 Å². The average molecular weight is 294 g/mol. The van der Waals surface area contributed by atoms with Crippen molar-refractivity contribution >= 4 is 5.78 Å². The first-order valence-corrected chi connectivity index (χ1v) is 6.96. The van der Waals surface area contributed by atoms with E-state index in [1.165, 1.54) is 6.07 Å². The molecule has 0 radical (unpaired) electrons. The van der Waals surface area contributed by atoms with Crippen LogP contribution < -0.4 is 0 Å². The number of aryl methyl sites for hydroxylation is 1. The van der Waals surface area contributed by atoms with Crippen LogP contribution in [0.3, 0.4) is 0 Å². The smallest absolute Gasteiger partial charge is 0.173 e. The van der Waals surface area contributed by atoms with E-state index >= 15 is 0 Å². The van der Waals surface area contributed by atoms with Crippen LogP contribution in [-0.4, -0.2) is 43.5 Å². The van der Waals surface area contributed by atoms with Gasteiger partial charge >= 0.3 is 0 Å². The normalized spacial score (nSPS) is 35.2. The standard InChI is InChI=1S/C15H18O6/c1-5-2-8(17)11-12(13(5)19)14(20)7-3-6(16)4-9(18)10(7)15(11)21/h2,6-7,9-10,14,16-20H,3-4H2,1H3/t6-,7+,9-,10-,14-/m1/s1. The molecule has 2 aliphatic carbocycles. The number of benzene rings is 1. The summed E-state index contributed by atoms with van der Waals surface area (Å²) in [5.74, 6) is -2.56. The van der Waals surface area contributed by atoms with Gasteiger partial charge in [0.15, 0.2) is 5.78 Å². The van der Waals surface area contributed by atoms with Crippen molar-refractivity contribution in [3.8, 4) is 11.5 Å². The number of phenolic OH excluding ortho intramolecular Hbond substituents is 2. The Morgan fingerprint density at radius 3 is 2.48 bits per heavy atom. The maximum Gasteiger partial charge on any atom is 0.173 e. The minimum absolute atomic E-state index is 0.0000463. The summed E-state index contributed by atoms with van der Waals surface area (Å²) in [7, 11) is 0. The molecule has 0 aliphatic heterocycles. The van der Waals surface area contributed by atoms with E-state index in [1.54, 1.807) is 6.92 Å². The molecule has 1 saturated carbocycles. The SMILES string of the molecule is Cc1cc(O)c2c(c1O)[C@H](O)[C@H]1C[C@@H](O)C[C@@H](O)[C@@H]1C2=O. The monoisotopic (exact) mass is 294 g/mol. The number of phenols is 2. The molecule has 5 N–H and O–H groups in total. The first kappa shape index (κ1) is 14.3. The van der Waals surface area contributed by atoms with Gasteiger partial charge in [-0.1, -0.05) is 0 Å². The Morgan fingerprint density at radius 2 is 1.81 bits per heavy atom. The van der Waals surface area contributed by atoms with Gasteiger partial charge in [-0.15, -0.1) is 0 Å². The van der Waals surface area contributed by atoms with Crippen molar-refractivity contribution in [1.82, 2.24) is 0 Å². The zero-order chi connectivity index (χ0) is 15.5. The molecular formula is C15H18O6. The third-order valence-electron chi connectivity index (χ3n) is 4.69. The van der Waals surface area contributed by atoms with Crippen molar-refractivity contribution in [3.63, 3.8) is 0 Å². The Bertz CT molecular complexity index is 611. The minimum Gasteiger partial charge on any atom is -0.507 e. The fraction of sp³-hybridized carbons (Fsp3) is 0.533. The molecule has 6 nitrogen and oxygen atoms in total. The van der Waals surface area contributed by atoms with E-state index in [0.29, 0.717) is 5.56 Å². The lowest BCUT2D eigenvalue weighted by molar-refractivity contribution is -0.0651. The van der Waals surface area contributed by atoms with E-state index in [2.05, 4.69) is 0 Å². The summed E-state index contributed by atoms with van der Waals surface area (Å²) < 4.78 is 0. The van der Waals surface area contributed by atoms with Gasteiger partial charge in [0.05, 0.1) is 29.8 Å². The summed E-state index contributed by atoms with van der Waals surface area (Å²) >= 11 is 0. The van der Waals surface area contributed by atoms with E-state index in [-0.39, 0.29) is 35.5 Å². The fourth-order valence-corrected chi connectivity index (χ4v) is 3.70. The number of carbonyl (C=O) groups excluding carboxylic acids is 1. The molecule has 5 atom stereocenters. The third-order valence-corrected chi connectivity index (χ3v) is 4.69. The largest absolute Gasteiger partial charge is 0.507 e. The van der Waals surface area contributed by atoms with Gasteiger partial charge in [-0.25, -0.2) is 0 Å². The first-order valence-electron chi connectivity index (χ1n) is 6.96. The highest BCUT2D eigenvalue weighted by Gasteiger charge is 2.50.